The van der Waals surface area contributed by atoms with Crippen LogP contribution in [0.3, 0.4) is 0 Å². The Hall–Kier alpha value is -0.850. The zero-order chi connectivity index (χ0) is 18.2. The van der Waals surface area contributed by atoms with Crippen molar-refractivity contribution in [3.63, 3.8) is 0 Å². The predicted octanol–water partition coefficient (Wildman–Crippen LogP) is 7.38. The van der Waals surface area contributed by atoms with Crippen molar-refractivity contribution in [2.75, 3.05) is 0 Å². The molecule has 1 heterocycles. The Bertz CT molecular complexity index is 489. The number of aromatic nitrogens is 1. The van der Waals surface area contributed by atoms with Crippen LogP contribution < -0.4 is 0 Å². The van der Waals surface area contributed by atoms with Gasteiger partial charge >= 0.3 is 0 Å². The normalized spacial score (nSPS) is 29.6. The molecule has 0 amide bonds. The van der Waals surface area contributed by atoms with Crippen LogP contribution in [0.1, 0.15) is 102 Å². The molecule has 0 N–H and O–H groups in total. The first-order valence-electron chi connectivity index (χ1n) is 11.7. The lowest BCUT2D eigenvalue weighted by Gasteiger charge is -2.38. The maximum absolute atomic E-state index is 4.65. The van der Waals surface area contributed by atoms with Gasteiger partial charge in [-0.3, -0.25) is 4.98 Å². The van der Waals surface area contributed by atoms with E-state index in [1.54, 1.807) is 0 Å². The molecule has 0 spiro atoms. The van der Waals surface area contributed by atoms with Gasteiger partial charge in [0.2, 0.25) is 0 Å². The van der Waals surface area contributed by atoms with E-state index in [4.69, 9.17) is 0 Å². The first-order chi connectivity index (χ1) is 12.8. The molecule has 0 radical (unpaired) electrons. The average molecular weight is 356 g/mol. The topological polar surface area (TPSA) is 12.9 Å². The molecule has 0 bridgehead atoms. The summed E-state index contributed by atoms with van der Waals surface area (Å²) in [4.78, 5) is 4.65. The Morgan fingerprint density at radius 2 is 1.42 bits per heavy atom. The van der Waals surface area contributed by atoms with Crippen molar-refractivity contribution in [2.24, 2.45) is 23.7 Å². The number of nitrogens with zero attached hydrogens (tertiary/aromatic N) is 1. The summed E-state index contributed by atoms with van der Waals surface area (Å²) in [6, 6.07) is 4.51. The summed E-state index contributed by atoms with van der Waals surface area (Å²) in [5.41, 5.74) is 2.66. The van der Waals surface area contributed by atoms with E-state index in [1.165, 1.54) is 94.7 Å². The van der Waals surface area contributed by atoms with E-state index in [2.05, 4.69) is 37.2 Å². The van der Waals surface area contributed by atoms with Gasteiger partial charge in [-0.1, -0.05) is 64.9 Å². The van der Waals surface area contributed by atoms with Crippen LogP contribution in [0.25, 0.3) is 0 Å². The van der Waals surface area contributed by atoms with E-state index in [9.17, 15) is 0 Å². The van der Waals surface area contributed by atoms with Crippen molar-refractivity contribution in [1.29, 1.82) is 0 Å². The van der Waals surface area contributed by atoms with Crippen molar-refractivity contribution in [3.8, 4) is 0 Å². The number of pyridine rings is 1. The number of hydrogen-bond acceptors (Lipinski definition) is 1. The van der Waals surface area contributed by atoms with Crippen LogP contribution in [0.4, 0.5) is 0 Å². The lowest BCUT2D eigenvalue weighted by molar-refractivity contribution is 0.140. The summed E-state index contributed by atoms with van der Waals surface area (Å²) in [7, 11) is 0. The van der Waals surface area contributed by atoms with Crippen molar-refractivity contribution in [3.05, 3.63) is 29.6 Å². The van der Waals surface area contributed by atoms with Gasteiger partial charge in [-0.2, -0.15) is 0 Å². The molecule has 2 aliphatic rings. The standard InChI is InChI=1S/C25H41N/c1-3-5-6-21-7-13-23(14-8-21)24-15-9-22(10-16-24)12-18-25-17-11-20(4-2)19-26-25/h11,17,19,21-24H,3-10,12-16,18H2,1-2H3/t21-,22-,23-,24-. The summed E-state index contributed by atoms with van der Waals surface area (Å²) < 4.78 is 0. The third-order valence-electron chi connectivity index (χ3n) is 7.52. The van der Waals surface area contributed by atoms with Gasteiger partial charge in [0, 0.05) is 11.9 Å². The summed E-state index contributed by atoms with van der Waals surface area (Å²) in [6.45, 7) is 4.53. The van der Waals surface area contributed by atoms with E-state index >= 15 is 0 Å². The third kappa shape index (κ3) is 5.83. The molecule has 0 atom stereocenters. The van der Waals surface area contributed by atoms with Gasteiger partial charge in [0.1, 0.15) is 0 Å². The molecule has 26 heavy (non-hydrogen) atoms. The monoisotopic (exact) mass is 355 g/mol. The molecule has 0 aliphatic heterocycles. The van der Waals surface area contributed by atoms with E-state index < -0.39 is 0 Å². The highest BCUT2D eigenvalue weighted by atomic mass is 14.7. The summed E-state index contributed by atoms with van der Waals surface area (Å²) >= 11 is 0. The van der Waals surface area contributed by atoms with Gasteiger partial charge in [-0.15, -0.1) is 0 Å². The second-order valence-electron chi connectivity index (χ2n) is 9.25. The van der Waals surface area contributed by atoms with Gasteiger partial charge in [-0.05, 0) is 80.2 Å². The Balaban J connectivity index is 1.34. The summed E-state index contributed by atoms with van der Waals surface area (Å²) in [5.74, 6) is 4.14. The van der Waals surface area contributed by atoms with Crippen LogP contribution in [0.5, 0.6) is 0 Å². The molecule has 0 unspecified atom stereocenters. The maximum Gasteiger partial charge on any atom is 0.0403 e. The fourth-order valence-electron chi connectivity index (χ4n) is 5.55. The van der Waals surface area contributed by atoms with Crippen molar-refractivity contribution < 1.29 is 0 Å². The zero-order valence-electron chi connectivity index (χ0n) is 17.4. The highest BCUT2D eigenvalue weighted by molar-refractivity contribution is 5.14. The SMILES string of the molecule is CCCC[C@H]1CC[C@H]([C@H]2CC[C@H](CCc3ccc(CC)cn3)CC2)CC1. The summed E-state index contributed by atoms with van der Waals surface area (Å²) in [6.07, 6.45) is 22.2. The van der Waals surface area contributed by atoms with Crippen LogP contribution in [-0.4, -0.2) is 4.98 Å². The molecule has 1 nitrogen and oxygen atoms in total. The molecule has 2 saturated carbocycles. The zero-order valence-corrected chi connectivity index (χ0v) is 17.4. The fourth-order valence-corrected chi connectivity index (χ4v) is 5.55. The minimum Gasteiger partial charge on any atom is -0.261 e. The lowest BCUT2D eigenvalue weighted by Crippen LogP contribution is -2.26. The minimum absolute atomic E-state index is 0.958. The molecule has 1 heteroatoms. The molecule has 146 valence electrons. The lowest BCUT2D eigenvalue weighted by atomic mass is 9.68. The fraction of sp³-hybridized carbons (Fsp3) is 0.800. The number of rotatable bonds is 8. The Morgan fingerprint density at radius 3 is 1.92 bits per heavy atom. The molecule has 0 aromatic carbocycles. The van der Waals surface area contributed by atoms with Crippen molar-refractivity contribution >= 4 is 0 Å². The highest BCUT2D eigenvalue weighted by Crippen LogP contribution is 2.43. The van der Waals surface area contributed by atoms with E-state index in [1.807, 2.05) is 0 Å². The van der Waals surface area contributed by atoms with E-state index in [0.717, 1.165) is 30.1 Å². The minimum atomic E-state index is 0.958. The van der Waals surface area contributed by atoms with Crippen LogP contribution in [0.2, 0.25) is 0 Å². The van der Waals surface area contributed by atoms with Crippen molar-refractivity contribution in [2.45, 2.75) is 104 Å². The third-order valence-corrected chi connectivity index (χ3v) is 7.52. The first-order valence-corrected chi connectivity index (χ1v) is 11.7. The first kappa shape index (κ1) is 19.9. The van der Waals surface area contributed by atoms with Gasteiger partial charge in [0.25, 0.3) is 0 Å². The molecular weight excluding hydrogens is 314 g/mol. The maximum atomic E-state index is 4.65. The smallest absolute Gasteiger partial charge is 0.0403 e. The second kappa shape index (κ2) is 10.5. The Labute approximate surface area is 162 Å². The van der Waals surface area contributed by atoms with E-state index in [-0.39, 0.29) is 0 Å². The molecule has 1 aromatic rings. The average Bonchev–Trinajstić information content (AvgIpc) is 2.72. The van der Waals surface area contributed by atoms with Gasteiger partial charge in [0.15, 0.2) is 0 Å². The van der Waals surface area contributed by atoms with Gasteiger partial charge in [0.05, 0.1) is 0 Å². The van der Waals surface area contributed by atoms with Gasteiger partial charge < -0.3 is 0 Å². The number of aryl methyl sites for hydroxylation is 2. The molecule has 2 aliphatic carbocycles. The highest BCUT2D eigenvalue weighted by Gasteiger charge is 2.30. The molecule has 2 fully saturated rings. The summed E-state index contributed by atoms with van der Waals surface area (Å²) in [5, 5.41) is 0. The van der Waals surface area contributed by atoms with Crippen molar-refractivity contribution in [1.82, 2.24) is 4.98 Å². The van der Waals surface area contributed by atoms with Crippen LogP contribution in [0.15, 0.2) is 18.3 Å². The molecule has 3 rings (SSSR count). The Kier molecular flexibility index (Phi) is 8.02. The molecular formula is C25H41N. The Morgan fingerprint density at radius 1 is 0.808 bits per heavy atom. The van der Waals surface area contributed by atoms with Crippen LogP contribution in [-0.2, 0) is 12.8 Å². The predicted molar refractivity (Wildman–Crippen MR) is 112 cm³/mol. The van der Waals surface area contributed by atoms with Crippen LogP contribution >= 0.6 is 0 Å². The molecule has 0 saturated heterocycles. The van der Waals surface area contributed by atoms with Gasteiger partial charge in [-0.25, -0.2) is 0 Å². The largest absolute Gasteiger partial charge is 0.261 e. The van der Waals surface area contributed by atoms with E-state index in [0.29, 0.717) is 0 Å². The quantitative estimate of drug-likeness (QED) is 0.474. The second-order valence-corrected chi connectivity index (χ2v) is 9.25. The number of unbranched alkanes of at least 4 members (excludes halogenated alkanes) is 1. The van der Waals surface area contributed by atoms with Crippen LogP contribution in [0, 0.1) is 23.7 Å². The number of hydrogen-bond donors (Lipinski definition) is 0. The molecule has 1 aromatic heterocycles.